The van der Waals surface area contributed by atoms with Crippen molar-refractivity contribution < 1.29 is 44.6 Å². The summed E-state index contributed by atoms with van der Waals surface area (Å²) in [6, 6.07) is 6.43. The second-order valence-electron chi connectivity index (χ2n) is 3.53. The van der Waals surface area contributed by atoms with Gasteiger partial charge in [0.25, 0.3) is 0 Å². The molecule has 0 aromatic heterocycles. The van der Waals surface area contributed by atoms with Gasteiger partial charge in [0.15, 0.2) is 0 Å². The molecule has 1 rings (SSSR count). The van der Waals surface area contributed by atoms with E-state index in [4.69, 9.17) is 0 Å². The molecular weight excluding hydrogens is 215 g/mol. The number of hydrogen-bond acceptors (Lipinski definition) is 3. The molecule has 1 aromatic rings. The molecule has 1 atom stereocenters. The fourth-order valence-corrected chi connectivity index (χ4v) is 1.53. The van der Waals surface area contributed by atoms with Crippen LogP contribution < -0.4 is 34.7 Å². The third kappa shape index (κ3) is 4.26. The van der Waals surface area contributed by atoms with Gasteiger partial charge < -0.3 is 15.0 Å². The molecule has 1 aromatic carbocycles. The summed E-state index contributed by atoms with van der Waals surface area (Å²) in [5.41, 5.74) is 0.534. The summed E-state index contributed by atoms with van der Waals surface area (Å²) in [5.74, 6) is -1.24. The van der Waals surface area contributed by atoms with Crippen LogP contribution in [-0.2, 0) is 0 Å². The first-order valence-electron chi connectivity index (χ1n) is 5.15. The number of carboxylic acids is 1. The van der Waals surface area contributed by atoms with Gasteiger partial charge in [0.05, 0.1) is 12.1 Å². The Balaban J connectivity index is 0.00000225. The van der Waals surface area contributed by atoms with Crippen molar-refractivity contribution in [1.29, 1.82) is 0 Å². The molecule has 0 amide bonds. The van der Waals surface area contributed by atoms with E-state index < -0.39 is 12.1 Å². The molecule has 3 nitrogen and oxygen atoms in total. The fourth-order valence-electron chi connectivity index (χ4n) is 1.53. The van der Waals surface area contributed by atoms with Crippen LogP contribution in [0.2, 0.25) is 0 Å². The molecule has 0 aliphatic carbocycles. The third-order valence-electron chi connectivity index (χ3n) is 2.37. The molecule has 0 saturated heterocycles. The average molecular weight is 230 g/mol. The van der Waals surface area contributed by atoms with Gasteiger partial charge in [0, 0.05) is 5.56 Å². The maximum Gasteiger partial charge on any atom is 1.00 e. The van der Waals surface area contributed by atoms with Crippen molar-refractivity contribution in [2.24, 2.45) is 0 Å². The van der Waals surface area contributed by atoms with E-state index in [9.17, 15) is 15.0 Å². The van der Waals surface area contributed by atoms with Crippen molar-refractivity contribution in [3.05, 3.63) is 35.4 Å². The van der Waals surface area contributed by atoms with Gasteiger partial charge in [0.2, 0.25) is 0 Å². The predicted octanol–water partition coefficient (Wildman–Crippen LogP) is -1.72. The summed E-state index contributed by atoms with van der Waals surface area (Å²) < 4.78 is 0. The minimum atomic E-state index is -1.24. The molecule has 0 aliphatic rings. The van der Waals surface area contributed by atoms with Crippen molar-refractivity contribution in [2.45, 2.75) is 32.3 Å². The first-order chi connectivity index (χ1) is 7.16. The second kappa shape index (κ2) is 7.85. The van der Waals surface area contributed by atoms with Gasteiger partial charge in [-0.2, -0.15) is 0 Å². The Labute approximate surface area is 118 Å². The Morgan fingerprint density at radius 1 is 1.44 bits per heavy atom. The molecule has 0 spiro atoms. The fraction of sp³-hybridized carbons (Fsp3) is 0.417. The normalized spacial score (nSPS) is 11.6. The Morgan fingerprint density at radius 3 is 2.62 bits per heavy atom. The topological polar surface area (TPSA) is 60.4 Å². The molecule has 82 valence electrons. The SMILES string of the molecule is CCCC[C@H](O)c1ccccc1C(=O)[O-].[Na+]. The van der Waals surface area contributed by atoms with Crippen LogP contribution in [0.1, 0.15) is 48.2 Å². The Bertz CT molecular complexity index is 339. The standard InChI is InChI=1S/C12H16O3.Na/c1-2-3-8-11(13)9-6-4-5-7-10(9)12(14)15;/h4-7,11,13H,2-3,8H2,1H3,(H,14,15);/q;+1/p-1/t11-;/m0./s1. The van der Waals surface area contributed by atoms with Crippen molar-refractivity contribution in [1.82, 2.24) is 0 Å². The Hall–Kier alpha value is -0.350. The maximum atomic E-state index is 10.8. The zero-order valence-electron chi connectivity index (χ0n) is 9.77. The largest absolute Gasteiger partial charge is 1.00 e. The molecule has 4 heteroatoms. The van der Waals surface area contributed by atoms with E-state index in [-0.39, 0.29) is 35.1 Å². The average Bonchev–Trinajstić information content (AvgIpc) is 2.25. The summed E-state index contributed by atoms with van der Waals surface area (Å²) in [4.78, 5) is 10.8. The monoisotopic (exact) mass is 230 g/mol. The number of hydrogen-bond donors (Lipinski definition) is 1. The van der Waals surface area contributed by atoms with Gasteiger partial charge in [-0.25, -0.2) is 0 Å². The van der Waals surface area contributed by atoms with Crippen LogP contribution in [0.5, 0.6) is 0 Å². The van der Waals surface area contributed by atoms with E-state index in [1.165, 1.54) is 6.07 Å². The van der Waals surface area contributed by atoms with Crippen molar-refractivity contribution in [2.75, 3.05) is 0 Å². The Kier molecular flexibility index (Phi) is 7.68. The van der Waals surface area contributed by atoms with Crippen LogP contribution in [0.25, 0.3) is 0 Å². The predicted molar refractivity (Wildman–Crippen MR) is 55.3 cm³/mol. The van der Waals surface area contributed by atoms with Crippen LogP contribution in [-0.4, -0.2) is 11.1 Å². The minimum absolute atomic E-state index is 0. The summed E-state index contributed by atoms with van der Waals surface area (Å²) >= 11 is 0. The van der Waals surface area contributed by atoms with Crippen molar-refractivity contribution >= 4 is 5.97 Å². The van der Waals surface area contributed by atoms with Crippen molar-refractivity contribution in [3.63, 3.8) is 0 Å². The first kappa shape index (κ1) is 15.7. The third-order valence-corrected chi connectivity index (χ3v) is 2.37. The number of carbonyl (C=O) groups excluding carboxylic acids is 1. The number of carbonyl (C=O) groups is 1. The zero-order valence-corrected chi connectivity index (χ0v) is 11.8. The van der Waals surface area contributed by atoms with E-state index >= 15 is 0 Å². The van der Waals surface area contributed by atoms with Gasteiger partial charge in [-0.3, -0.25) is 0 Å². The van der Waals surface area contributed by atoms with Gasteiger partial charge in [-0.15, -0.1) is 0 Å². The number of benzene rings is 1. The zero-order chi connectivity index (χ0) is 11.3. The number of aliphatic hydroxyl groups is 1. The molecule has 16 heavy (non-hydrogen) atoms. The van der Waals surface area contributed by atoms with Gasteiger partial charge in [0.1, 0.15) is 0 Å². The van der Waals surface area contributed by atoms with Crippen LogP contribution in [0, 0.1) is 0 Å². The van der Waals surface area contributed by atoms with Crippen LogP contribution in [0.4, 0.5) is 0 Å². The second-order valence-corrected chi connectivity index (χ2v) is 3.53. The number of rotatable bonds is 5. The van der Waals surface area contributed by atoms with Gasteiger partial charge in [-0.05, 0) is 12.0 Å². The number of aliphatic hydroxyl groups excluding tert-OH is 1. The molecule has 0 unspecified atom stereocenters. The van der Waals surface area contributed by atoms with E-state index in [0.717, 1.165) is 12.8 Å². The summed E-state index contributed by atoms with van der Waals surface area (Å²) in [5, 5.41) is 20.6. The van der Waals surface area contributed by atoms with Gasteiger partial charge >= 0.3 is 29.6 Å². The smallest absolute Gasteiger partial charge is 0.545 e. The molecule has 0 fully saturated rings. The molecule has 0 aliphatic heterocycles. The molecule has 1 N–H and O–H groups in total. The van der Waals surface area contributed by atoms with Crippen LogP contribution in [0.15, 0.2) is 24.3 Å². The molecule has 0 bridgehead atoms. The maximum absolute atomic E-state index is 10.8. The quantitative estimate of drug-likeness (QED) is 0.612. The number of aromatic carboxylic acids is 1. The van der Waals surface area contributed by atoms with Crippen LogP contribution in [0.3, 0.4) is 0 Å². The van der Waals surface area contributed by atoms with E-state index in [1.807, 2.05) is 6.92 Å². The minimum Gasteiger partial charge on any atom is -0.545 e. The molecule has 0 radical (unpaired) electrons. The number of unbranched alkanes of at least 4 members (excludes halogenated alkanes) is 1. The van der Waals surface area contributed by atoms with E-state index in [0.29, 0.717) is 12.0 Å². The van der Waals surface area contributed by atoms with E-state index in [2.05, 4.69) is 0 Å². The molecule has 0 saturated carbocycles. The Morgan fingerprint density at radius 2 is 2.06 bits per heavy atom. The molecule has 0 heterocycles. The van der Waals surface area contributed by atoms with Crippen molar-refractivity contribution in [3.8, 4) is 0 Å². The molecular formula is C12H15NaO3. The van der Waals surface area contributed by atoms with E-state index in [1.54, 1.807) is 18.2 Å². The van der Waals surface area contributed by atoms with Crippen LogP contribution >= 0.6 is 0 Å². The summed E-state index contributed by atoms with van der Waals surface area (Å²) in [6.45, 7) is 2.03. The first-order valence-corrected chi connectivity index (χ1v) is 5.15. The van der Waals surface area contributed by atoms with Gasteiger partial charge in [-0.1, -0.05) is 44.0 Å². The summed E-state index contributed by atoms with van der Waals surface area (Å²) in [6.07, 6.45) is 1.73. The number of carboxylic acid groups (broad SMARTS) is 1. The summed E-state index contributed by atoms with van der Waals surface area (Å²) in [7, 11) is 0.